The van der Waals surface area contributed by atoms with E-state index in [0.29, 0.717) is 24.9 Å². The van der Waals surface area contributed by atoms with Crippen LogP contribution in [0, 0.1) is 11.8 Å². The van der Waals surface area contributed by atoms with E-state index in [9.17, 15) is 8.42 Å². The van der Waals surface area contributed by atoms with E-state index in [1.807, 2.05) is 50.7 Å². The monoisotopic (exact) mass is 428 g/mol. The molecule has 9 heteroatoms. The number of rotatable bonds is 4. The van der Waals surface area contributed by atoms with E-state index in [0.717, 1.165) is 35.9 Å². The second-order valence-corrected chi connectivity index (χ2v) is 10.8. The van der Waals surface area contributed by atoms with Crippen molar-refractivity contribution in [1.82, 2.24) is 23.4 Å². The fourth-order valence-electron chi connectivity index (χ4n) is 4.97. The molecule has 5 rings (SSSR count). The zero-order valence-electron chi connectivity index (χ0n) is 17.9. The number of anilines is 1. The Morgan fingerprint density at radius 1 is 1.00 bits per heavy atom. The Balaban J connectivity index is 1.34. The number of aromatic nitrogens is 4. The molecule has 0 saturated carbocycles. The number of fused-ring (bicyclic) bond motifs is 2. The molecule has 2 aliphatic rings. The topological polar surface area (TPSA) is 76.3 Å². The first-order valence-electron chi connectivity index (χ1n) is 10.5. The van der Waals surface area contributed by atoms with Gasteiger partial charge in [-0.3, -0.25) is 0 Å². The number of nitrogens with zero attached hydrogens (tertiary/aromatic N) is 6. The second-order valence-electron chi connectivity index (χ2n) is 8.91. The summed E-state index contributed by atoms with van der Waals surface area (Å²) in [5, 5.41) is 0.167. The van der Waals surface area contributed by atoms with Crippen molar-refractivity contribution in [1.29, 1.82) is 0 Å². The molecule has 30 heavy (non-hydrogen) atoms. The maximum atomic E-state index is 13.2. The number of hydrogen-bond acceptors (Lipinski definition) is 5. The van der Waals surface area contributed by atoms with E-state index in [2.05, 4.69) is 20.5 Å². The zero-order chi connectivity index (χ0) is 21.2. The minimum atomic E-state index is -3.56. The van der Waals surface area contributed by atoms with Crippen LogP contribution in [0.5, 0.6) is 0 Å². The number of benzene rings is 1. The molecule has 0 spiro atoms. The van der Waals surface area contributed by atoms with Crippen molar-refractivity contribution in [2.24, 2.45) is 25.9 Å². The summed E-state index contributed by atoms with van der Waals surface area (Å²) >= 11 is 0. The summed E-state index contributed by atoms with van der Waals surface area (Å²) in [6.07, 6.45) is 1.64. The molecule has 2 aromatic heterocycles. The molecular formula is C21H28N6O2S. The molecule has 160 valence electrons. The van der Waals surface area contributed by atoms with Crippen LogP contribution in [0.2, 0.25) is 0 Å². The molecule has 3 aromatic rings. The third kappa shape index (κ3) is 2.94. The molecule has 2 aliphatic heterocycles. The van der Waals surface area contributed by atoms with Crippen LogP contribution >= 0.6 is 0 Å². The molecule has 2 unspecified atom stereocenters. The van der Waals surface area contributed by atoms with Crippen LogP contribution in [0.4, 0.5) is 5.95 Å². The number of aryl methyl sites for hydroxylation is 2. The summed E-state index contributed by atoms with van der Waals surface area (Å²) in [6.45, 7) is 6.78. The Hall–Kier alpha value is -2.39. The Kier molecular flexibility index (Phi) is 4.44. The molecule has 2 saturated heterocycles. The van der Waals surface area contributed by atoms with E-state index in [1.165, 1.54) is 0 Å². The van der Waals surface area contributed by atoms with Gasteiger partial charge in [-0.2, -0.15) is 4.31 Å². The molecule has 0 amide bonds. The predicted octanol–water partition coefficient (Wildman–Crippen LogP) is 2.19. The average molecular weight is 429 g/mol. The van der Waals surface area contributed by atoms with Gasteiger partial charge in [-0.05, 0) is 24.0 Å². The smallest absolute Gasteiger partial charge is 0.262 e. The lowest BCUT2D eigenvalue weighted by Crippen LogP contribution is -2.34. The summed E-state index contributed by atoms with van der Waals surface area (Å²) in [5.41, 5.74) is 2.11. The third-order valence-corrected chi connectivity index (χ3v) is 8.21. The number of imidazole rings is 2. The van der Waals surface area contributed by atoms with Gasteiger partial charge in [-0.25, -0.2) is 18.4 Å². The molecule has 0 radical (unpaired) electrons. The lowest BCUT2D eigenvalue weighted by Gasteiger charge is -2.21. The Morgan fingerprint density at radius 3 is 2.27 bits per heavy atom. The fraction of sp³-hybridized carbons (Fsp3) is 0.524. The molecule has 2 atom stereocenters. The quantitative estimate of drug-likeness (QED) is 0.637. The molecule has 0 aliphatic carbocycles. The predicted molar refractivity (Wildman–Crippen MR) is 116 cm³/mol. The summed E-state index contributed by atoms with van der Waals surface area (Å²) in [4.78, 5) is 11.5. The van der Waals surface area contributed by atoms with E-state index < -0.39 is 10.0 Å². The van der Waals surface area contributed by atoms with Gasteiger partial charge in [0.05, 0.1) is 11.0 Å². The molecule has 0 bridgehead atoms. The van der Waals surface area contributed by atoms with Gasteiger partial charge in [0.15, 0.2) is 5.03 Å². The number of hydrogen-bond donors (Lipinski definition) is 0. The van der Waals surface area contributed by atoms with Crippen LogP contribution in [-0.2, 0) is 24.1 Å². The van der Waals surface area contributed by atoms with E-state index >= 15 is 0 Å². The van der Waals surface area contributed by atoms with Crippen LogP contribution < -0.4 is 4.90 Å². The molecule has 4 heterocycles. The lowest BCUT2D eigenvalue weighted by molar-refractivity contribution is 0.450. The third-order valence-electron chi connectivity index (χ3n) is 6.51. The fourth-order valence-corrected chi connectivity index (χ4v) is 6.51. The second kappa shape index (κ2) is 6.81. The number of para-hydroxylation sites is 2. The summed E-state index contributed by atoms with van der Waals surface area (Å²) < 4.78 is 32.0. The van der Waals surface area contributed by atoms with Crippen molar-refractivity contribution in [3.05, 3.63) is 36.3 Å². The van der Waals surface area contributed by atoms with E-state index in [1.54, 1.807) is 10.5 Å². The SMILES string of the molecule is CC(C)c1nc(S(=O)(=O)N2CC3CN(c4nc5ccccc5n4C)CC3C2)cn1C. The minimum Gasteiger partial charge on any atom is -0.342 e. The van der Waals surface area contributed by atoms with Crippen molar-refractivity contribution in [2.45, 2.75) is 24.8 Å². The Bertz CT molecular complexity index is 1200. The summed E-state index contributed by atoms with van der Waals surface area (Å²) in [5.74, 6) is 2.56. The van der Waals surface area contributed by atoms with Gasteiger partial charge in [0.2, 0.25) is 5.95 Å². The normalized spacial score (nSPS) is 22.5. The maximum absolute atomic E-state index is 13.2. The van der Waals surface area contributed by atoms with Crippen molar-refractivity contribution < 1.29 is 8.42 Å². The lowest BCUT2D eigenvalue weighted by atomic mass is 10.0. The highest BCUT2D eigenvalue weighted by Gasteiger charge is 2.45. The molecular weight excluding hydrogens is 400 g/mol. The molecule has 2 fully saturated rings. The zero-order valence-corrected chi connectivity index (χ0v) is 18.7. The minimum absolute atomic E-state index is 0.167. The van der Waals surface area contributed by atoms with Crippen LogP contribution in [0.25, 0.3) is 11.0 Å². The molecule has 0 N–H and O–H groups in total. The van der Waals surface area contributed by atoms with Crippen molar-refractivity contribution in [3.63, 3.8) is 0 Å². The van der Waals surface area contributed by atoms with Crippen molar-refractivity contribution >= 4 is 27.0 Å². The first kappa shape index (κ1) is 19.6. The highest BCUT2D eigenvalue weighted by atomic mass is 32.2. The van der Waals surface area contributed by atoms with E-state index in [4.69, 9.17) is 4.98 Å². The van der Waals surface area contributed by atoms with Gasteiger partial charge in [-0.1, -0.05) is 26.0 Å². The van der Waals surface area contributed by atoms with Crippen molar-refractivity contribution in [3.8, 4) is 0 Å². The Labute approximate surface area is 177 Å². The largest absolute Gasteiger partial charge is 0.342 e. The summed E-state index contributed by atoms with van der Waals surface area (Å²) in [7, 11) is 0.336. The van der Waals surface area contributed by atoms with Gasteiger partial charge in [-0.15, -0.1) is 0 Å². The standard InChI is InChI=1S/C21H28N6O2S/c1-14(2)20-23-19(13-24(20)3)30(28,29)27-11-15-9-26(10-16(15)12-27)21-22-17-7-5-6-8-18(17)25(21)4/h5-8,13-16H,9-12H2,1-4H3. The van der Waals surface area contributed by atoms with Crippen LogP contribution in [-0.4, -0.2) is 58.0 Å². The summed E-state index contributed by atoms with van der Waals surface area (Å²) in [6, 6.07) is 8.14. The first-order chi connectivity index (χ1) is 14.3. The first-order valence-corrected chi connectivity index (χ1v) is 11.9. The van der Waals surface area contributed by atoms with Crippen LogP contribution in [0.15, 0.2) is 35.5 Å². The van der Waals surface area contributed by atoms with Crippen LogP contribution in [0.3, 0.4) is 0 Å². The van der Waals surface area contributed by atoms with E-state index in [-0.39, 0.29) is 10.9 Å². The average Bonchev–Trinajstić information content (AvgIpc) is 3.43. The van der Waals surface area contributed by atoms with Crippen LogP contribution in [0.1, 0.15) is 25.6 Å². The number of sulfonamides is 1. The molecule has 8 nitrogen and oxygen atoms in total. The van der Waals surface area contributed by atoms with Crippen molar-refractivity contribution in [2.75, 3.05) is 31.1 Å². The van der Waals surface area contributed by atoms with Gasteiger partial charge in [0.1, 0.15) is 5.82 Å². The van der Waals surface area contributed by atoms with Gasteiger partial charge in [0.25, 0.3) is 10.0 Å². The van der Waals surface area contributed by atoms with Gasteiger partial charge in [0, 0.05) is 52.4 Å². The highest BCUT2D eigenvalue weighted by Crippen LogP contribution is 2.36. The molecule has 1 aromatic carbocycles. The van der Waals surface area contributed by atoms with Gasteiger partial charge >= 0.3 is 0 Å². The maximum Gasteiger partial charge on any atom is 0.262 e. The Morgan fingerprint density at radius 2 is 1.67 bits per heavy atom. The van der Waals surface area contributed by atoms with Gasteiger partial charge < -0.3 is 14.0 Å². The highest BCUT2D eigenvalue weighted by molar-refractivity contribution is 7.89.